The summed E-state index contributed by atoms with van der Waals surface area (Å²) in [6.07, 6.45) is 4.80. The maximum Gasteiger partial charge on any atom is 0.306 e. The van der Waals surface area contributed by atoms with Crippen molar-refractivity contribution < 1.29 is 14.7 Å². The van der Waals surface area contributed by atoms with E-state index in [1.165, 1.54) is 0 Å². The van der Waals surface area contributed by atoms with E-state index in [2.05, 4.69) is 11.2 Å². The molecule has 0 aromatic heterocycles. The fourth-order valence-corrected chi connectivity index (χ4v) is 0.665. The van der Waals surface area contributed by atoms with E-state index in [0.29, 0.717) is 0 Å². The molecule has 0 aliphatic carbocycles. The highest BCUT2D eigenvalue weighted by Crippen LogP contribution is 1.95. The smallest absolute Gasteiger partial charge is 0.306 e. The largest absolute Gasteiger partial charge is 0.481 e. The number of hydrogen-bond donors (Lipinski definition) is 2. The zero-order valence-corrected chi connectivity index (χ0v) is 7.70. The number of carboxylic acids is 1. The summed E-state index contributed by atoms with van der Waals surface area (Å²) < 4.78 is 0. The van der Waals surface area contributed by atoms with Crippen molar-refractivity contribution in [2.75, 3.05) is 0 Å². The van der Waals surface area contributed by atoms with Crippen LogP contribution in [0, 0.1) is 18.3 Å². The van der Waals surface area contributed by atoms with Crippen molar-refractivity contribution in [2.24, 2.45) is 5.92 Å². The van der Waals surface area contributed by atoms with Crippen molar-refractivity contribution in [3.63, 3.8) is 0 Å². The van der Waals surface area contributed by atoms with Crippen LogP contribution in [0.5, 0.6) is 0 Å². The molecule has 72 valence electrons. The third kappa shape index (κ3) is 4.86. The molecule has 0 saturated carbocycles. The summed E-state index contributed by atoms with van der Waals surface area (Å²) in [5, 5.41) is 10.9. The highest BCUT2D eigenvalue weighted by Gasteiger charge is 2.14. The highest BCUT2D eigenvalue weighted by molar-refractivity contribution is 5.79. The predicted octanol–water partition coefficient (Wildman–Crippen LogP) is 0.235. The monoisotopic (exact) mass is 183 g/mol. The van der Waals surface area contributed by atoms with Gasteiger partial charge in [0.15, 0.2) is 0 Å². The van der Waals surface area contributed by atoms with Gasteiger partial charge in [-0.05, 0) is 0 Å². The van der Waals surface area contributed by atoms with Gasteiger partial charge in [0.2, 0.25) is 5.91 Å². The van der Waals surface area contributed by atoms with Crippen molar-refractivity contribution in [1.29, 1.82) is 0 Å². The first-order valence-corrected chi connectivity index (χ1v) is 3.95. The second-order valence-electron chi connectivity index (χ2n) is 2.98. The molecule has 1 atom stereocenters. The lowest BCUT2D eigenvalue weighted by atomic mass is 10.1. The molecule has 0 heterocycles. The van der Waals surface area contributed by atoms with E-state index in [-0.39, 0.29) is 18.2 Å². The predicted molar refractivity (Wildman–Crippen MR) is 47.9 cm³/mol. The maximum atomic E-state index is 11.1. The zero-order chi connectivity index (χ0) is 10.4. The van der Waals surface area contributed by atoms with Gasteiger partial charge >= 0.3 is 5.97 Å². The van der Waals surface area contributed by atoms with Gasteiger partial charge in [-0.15, -0.1) is 6.42 Å². The van der Waals surface area contributed by atoms with Crippen LogP contribution in [0.15, 0.2) is 0 Å². The average Bonchev–Trinajstić information content (AvgIpc) is 2.02. The molecular weight excluding hydrogens is 170 g/mol. The summed E-state index contributed by atoms with van der Waals surface area (Å²) in [4.78, 5) is 21.4. The second kappa shape index (κ2) is 5.20. The lowest BCUT2D eigenvalue weighted by molar-refractivity contribution is -0.137. The number of nitrogens with one attached hydrogen (secondary N) is 1. The van der Waals surface area contributed by atoms with Crippen molar-refractivity contribution >= 4 is 11.9 Å². The highest BCUT2D eigenvalue weighted by atomic mass is 16.4. The number of carbonyl (C=O) groups excluding carboxylic acids is 1. The molecule has 0 fully saturated rings. The second-order valence-corrected chi connectivity index (χ2v) is 2.98. The van der Waals surface area contributed by atoms with Crippen molar-refractivity contribution in [3.05, 3.63) is 0 Å². The van der Waals surface area contributed by atoms with Gasteiger partial charge < -0.3 is 10.4 Å². The number of carbonyl (C=O) groups is 2. The first-order valence-electron chi connectivity index (χ1n) is 3.95. The third-order valence-electron chi connectivity index (χ3n) is 1.42. The Morgan fingerprint density at radius 1 is 1.54 bits per heavy atom. The molecule has 0 radical (unpaired) electrons. The summed E-state index contributed by atoms with van der Waals surface area (Å²) in [7, 11) is 0. The van der Waals surface area contributed by atoms with Crippen LogP contribution in [0.2, 0.25) is 0 Å². The Balaban J connectivity index is 4.08. The Morgan fingerprint density at radius 2 is 2.08 bits per heavy atom. The number of amides is 1. The fraction of sp³-hybridized carbons (Fsp3) is 0.556. The molecule has 0 saturated heterocycles. The molecule has 0 rings (SSSR count). The Labute approximate surface area is 77.3 Å². The first kappa shape index (κ1) is 11.5. The molecule has 13 heavy (non-hydrogen) atoms. The molecule has 1 unspecified atom stereocenters. The van der Waals surface area contributed by atoms with Crippen LogP contribution in [-0.4, -0.2) is 23.0 Å². The molecule has 4 heteroatoms. The number of carboxylic acid groups (broad SMARTS) is 1. The van der Waals surface area contributed by atoms with E-state index >= 15 is 0 Å². The van der Waals surface area contributed by atoms with E-state index in [1.54, 1.807) is 13.8 Å². The van der Waals surface area contributed by atoms with Crippen LogP contribution in [-0.2, 0) is 9.59 Å². The van der Waals surface area contributed by atoms with Crippen molar-refractivity contribution in [2.45, 2.75) is 26.3 Å². The summed E-state index contributed by atoms with van der Waals surface area (Å²) in [6, 6.07) is -0.715. The van der Waals surface area contributed by atoms with Gasteiger partial charge in [0, 0.05) is 5.92 Å². The lowest BCUT2D eigenvalue weighted by Gasteiger charge is -2.12. The molecular formula is C9H13NO3. The van der Waals surface area contributed by atoms with E-state index in [0.717, 1.165) is 0 Å². The molecule has 0 bridgehead atoms. The Bertz CT molecular complexity index is 240. The maximum absolute atomic E-state index is 11.1. The van der Waals surface area contributed by atoms with Gasteiger partial charge in [0.05, 0.1) is 6.42 Å². The van der Waals surface area contributed by atoms with E-state index in [4.69, 9.17) is 11.5 Å². The van der Waals surface area contributed by atoms with E-state index in [9.17, 15) is 9.59 Å². The number of aliphatic carboxylic acids is 1. The third-order valence-corrected chi connectivity index (χ3v) is 1.42. The van der Waals surface area contributed by atoms with E-state index < -0.39 is 12.0 Å². The molecule has 0 aromatic rings. The standard InChI is InChI=1S/C9H13NO3/c1-4-7(5-8(11)12)10-9(13)6(2)3/h1,6-7H,5H2,2-3H3,(H,10,13)(H,11,12). The molecule has 1 amide bonds. The Morgan fingerprint density at radius 3 is 2.38 bits per heavy atom. The summed E-state index contributed by atoms with van der Waals surface area (Å²) in [5.41, 5.74) is 0. The van der Waals surface area contributed by atoms with Gasteiger partial charge in [-0.2, -0.15) is 0 Å². The molecule has 0 spiro atoms. The van der Waals surface area contributed by atoms with E-state index in [1.807, 2.05) is 0 Å². The Kier molecular flexibility index (Phi) is 4.60. The van der Waals surface area contributed by atoms with Crippen molar-refractivity contribution in [1.82, 2.24) is 5.32 Å². The minimum atomic E-state index is -1.02. The van der Waals surface area contributed by atoms with Gasteiger partial charge in [0.1, 0.15) is 6.04 Å². The van der Waals surface area contributed by atoms with Crippen LogP contribution in [0.1, 0.15) is 20.3 Å². The zero-order valence-electron chi connectivity index (χ0n) is 7.70. The number of terminal acetylenes is 1. The lowest BCUT2D eigenvalue weighted by Crippen LogP contribution is -2.37. The first-order chi connectivity index (χ1) is 5.97. The van der Waals surface area contributed by atoms with Crippen LogP contribution < -0.4 is 5.32 Å². The SMILES string of the molecule is C#CC(CC(=O)O)NC(=O)C(C)C. The van der Waals surface area contributed by atoms with Gasteiger partial charge in [-0.3, -0.25) is 9.59 Å². The van der Waals surface area contributed by atoms with Crippen LogP contribution in [0.25, 0.3) is 0 Å². The topological polar surface area (TPSA) is 66.4 Å². The van der Waals surface area contributed by atoms with Crippen LogP contribution in [0.3, 0.4) is 0 Å². The quantitative estimate of drug-likeness (QED) is 0.613. The average molecular weight is 183 g/mol. The molecule has 0 aliphatic rings. The molecule has 0 aromatic carbocycles. The molecule has 4 nitrogen and oxygen atoms in total. The fourth-order valence-electron chi connectivity index (χ4n) is 0.665. The van der Waals surface area contributed by atoms with Gasteiger partial charge in [0.25, 0.3) is 0 Å². The minimum absolute atomic E-state index is 0.190. The number of hydrogen-bond acceptors (Lipinski definition) is 2. The normalized spacial score (nSPS) is 11.8. The summed E-state index contributed by atoms with van der Waals surface area (Å²) in [5.74, 6) is 0.763. The Hall–Kier alpha value is -1.50. The number of rotatable bonds is 4. The molecule has 0 aliphatic heterocycles. The van der Waals surface area contributed by atoms with Crippen molar-refractivity contribution in [3.8, 4) is 12.3 Å². The molecule has 2 N–H and O–H groups in total. The summed E-state index contributed by atoms with van der Waals surface area (Å²) in [6.45, 7) is 3.42. The van der Waals surface area contributed by atoms with Gasteiger partial charge in [-0.25, -0.2) is 0 Å². The minimum Gasteiger partial charge on any atom is -0.481 e. The van der Waals surface area contributed by atoms with Crippen LogP contribution >= 0.6 is 0 Å². The van der Waals surface area contributed by atoms with Crippen LogP contribution in [0.4, 0.5) is 0 Å². The van der Waals surface area contributed by atoms with Gasteiger partial charge in [-0.1, -0.05) is 19.8 Å². The summed E-state index contributed by atoms with van der Waals surface area (Å²) >= 11 is 0.